The molecule has 0 spiro atoms. The third-order valence-electron chi connectivity index (χ3n) is 3.87. The van der Waals surface area contributed by atoms with Gasteiger partial charge in [0, 0.05) is 0 Å². The Kier molecular flexibility index (Phi) is 14.2. The van der Waals surface area contributed by atoms with Crippen LogP contribution in [0, 0.1) is 5.92 Å². The van der Waals surface area contributed by atoms with Gasteiger partial charge in [-0.2, -0.15) is 0 Å². The van der Waals surface area contributed by atoms with E-state index in [4.69, 9.17) is 5.11 Å². The highest BCUT2D eigenvalue weighted by Gasteiger charge is 1.98. The van der Waals surface area contributed by atoms with Gasteiger partial charge in [0.1, 0.15) is 0 Å². The molecule has 0 aromatic carbocycles. The summed E-state index contributed by atoms with van der Waals surface area (Å²) in [6, 6.07) is 0. The number of unbranched alkanes of at least 4 members (excludes halogenated alkanes) is 9. The topological polar surface area (TPSA) is 20.2 Å². The maximum absolute atomic E-state index is 8.48. The number of hydrogen-bond donors (Lipinski definition) is 1. The summed E-state index contributed by atoms with van der Waals surface area (Å²) in [6.45, 7) is 4.66. The first-order chi connectivity index (χ1) is 8.81. The molecule has 0 aromatic rings. The molecule has 1 heteroatoms. The molecule has 0 fully saturated rings. The molecule has 0 radical (unpaired) electrons. The van der Waals surface area contributed by atoms with Crippen molar-refractivity contribution in [3.05, 3.63) is 12.3 Å². The Hall–Kier alpha value is -0.460. The van der Waals surface area contributed by atoms with E-state index in [9.17, 15) is 0 Å². The summed E-state index contributed by atoms with van der Waals surface area (Å²) < 4.78 is 0. The molecule has 0 amide bonds. The van der Waals surface area contributed by atoms with Gasteiger partial charge >= 0.3 is 0 Å². The summed E-state index contributed by atoms with van der Waals surface area (Å²) in [7, 11) is 0. The van der Waals surface area contributed by atoms with Gasteiger partial charge in [-0.1, -0.05) is 84.1 Å². The Morgan fingerprint density at radius 3 is 1.83 bits per heavy atom. The van der Waals surface area contributed by atoms with Gasteiger partial charge in [0.15, 0.2) is 0 Å². The molecule has 1 unspecified atom stereocenters. The van der Waals surface area contributed by atoms with Gasteiger partial charge in [0.2, 0.25) is 0 Å². The second kappa shape index (κ2) is 14.6. The second-order valence-electron chi connectivity index (χ2n) is 5.66. The number of aliphatic hydroxyl groups is 1. The molecule has 0 aliphatic carbocycles. The van der Waals surface area contributed by atoms with Gasteiger partial charge in [0.05, 0.1) is 6.26 Å². The Bertz CT molecular complexity index is 174. The van der Waals surface area contributed by atoms with Crippen LogP contribution in [0.1, 0.15) is 90.9 Å². The first-order valence-corrected chi connectivity index (χ1v) is 8.10. The van der Waals surface area contributed by atoms with Gasteiger partial charge in [0.25, 0.3) is 0 Å². The fourth-order valence-electron chi connectivity index (χ4n) is 2.27. The van der Waals surface area contributed by atoms with Crippen LogP contribution >= 0.6 is 0 Å². The number of hydrogen-bond acceptors (Lipinski definition) is 1. The molecule has 1 N–H and O–H groups in total. The molecule has 0 saturated heterocycles. The van der Waals surface area contributed by atoms with Gasteiger partial charge in [-0.05, 0) is 18.8 Å². The maximum atomic E-state index is 8.48. The lowest BCUT2D eigenvalue weighted by Crippen LogP contribution is -1.91. The van der Waals surface area contributed by atoms with E-state index in [1.54, 1.807) is 0 Å². The molecule has 0 heterocycles. The molecule has 0 aliphatic heterocycles. The first-order valence-electron chi connectivity index (χ1n) is 8.10. The van der Waals surface area contributed by atoms with E-state index in [1.165, 1.54) is 76.9 Å². The van der Waals surface area contributed by atoms with Crippen molar-refractivity contribution in [2.75, 3.05) is 0 Å². The third kappa shape index (κ3) is 13.6. The van der Waals surface area contributed by atoms with E-state index in [1.807, 2.05) is 6.08 Å². The van der Waals surface area contributed by atoms with E-state index in [2.05, 4.69) is 13.8 Å². The van der Waals surface area contributed by atoms with Crippen LogP contribution in [0.5, 0.6) is 0 Å². The number of rotatable bonds is 13. The first kappa shape index (κ1) is 17.5. The van der Waals surface area contributed by atoms with Crippen molar-refractivity contribution >= 4 is 0 Å². The van der Waals surface area contributed by atoms with Crippen molar-refractivity contribution in [1.82, 2.24) is 0 Å². The minimum Gasteiger partial charge on any atom is -0.516 e. The Morgan fingerprint density at radius 2 is 1.33 bits per heavy atom. The van der Waals surface area contributed by atoms with Crippen molar-refractivity contribution in [2.24, 2.45) is 5.92 Å². The fourth-order valence-corrected chi connectivity index (χ4v) is 2.27. The van der Waals surface area contributed by atoms with Crippen LogP contribution in [0.25, 0.3) is 0 Å². The standard InChI is InChI=1S/C17H34O/c1-3-17(2)15-13-11-9-7-5-4-6-8-10-12-14-16-18/h14,16-18H,3-13,15H2,1-2H3. The average molecular weight is 254 g/mol. The molecule has 18 heavy (non-hydrogen) atoms. The largest absolute Gasteiger partial charge is 0.516 e. The fraction of sp³-hybridized carbons (Fsp3) is 0.882. The van der Waals surface area contributed by atoms with Gasteiger partial charge < -0.3 is 5.11 Å². The van der Waals surface area contributed by atoms with Crippen molar-refractivity contribution in [3.8, 4) is 0 Å². The van der Waals surface area contributed by atoms with Crippen LogP contribution in [-0.2, 0) is 0 Å². The SMILES string of the molecule is CCC(C)CCCCCCCCCCCC=CO. The van der Waals surface area contributed by atoms with Crippen molar-refractivity contribution < 1.29 is 5.11 Å². The second-order valence-corrected chi connectivity index (χ2v) is 5.66. The smallest absolute Gasteiger partial charge is 0.0751 e. The van der Waals surface area contributed by atoms with E-state index >= 15 is 0 Å². The van der Waals surface area contributed by atoms with E-state index in [-0.39, 0.29) is 0 Å². The molecular formula is C17H34O. The molecule has 0 bridgehead atoms. The van der Waals surface area contributed by atoms with Gasteiger partial charge in [-0.15, -0.1) is 0 Å². The highest BCUT2D eigenvalue weighted by atomic mass is 16.2. The minimum absolute atomic E-state index is 0.929. The van der Waals surface area contributed by atoms with Crippen LogP contribution in [0.2, 0.25) is 0 Å². The van der Waals surface area contributed by atoms with Gasteiger partial charge in [-0.3, -0.25) is 0 Å². The zero-order valence-corrected chi connectivity index (χ0v) is 12.7. The quantitative estimate of drug-likeness (QED) is 0.298. The van der Waals surface area contributed by atoms with E-state index in [0.29, 0.717) is 0 Å². The Balaban J connectivity index is 2.99. The number of aliphatic hydroxyl groups excluding tert-OH is 1. The van der Waals surface area contributed by atoms with Crippen LogP contribution in [0.3, 0.4) is 0 Å². The summed E-state index contributed by atoms with van der Waals surface area (Å²) in [5.74, 6) is 0.929. The molecule has 0 aliphatic rings. The molecule has 108 valence electrons. The summed E-state index contributed by atoms with van der Waals surface area (Å²) in [6.07, 6.45) is 19.3. The minimum atomic E-state index is 0.929. The predicted molar refractivity (Wildman–Crippen MR) is 82.0 cm³/mol. The maximum Gasteiger partial charge on any atom is 0.0751 e. The summed E-state index contributed by atoms with van der Waals surface area (Å²) in [4.78, 5) is 0. The monoisotopic (exact) mass is 254 g/mol. The molecular weight excluding hydrogens is 220 g/mol. The lowest BCUT2D eigenvalue weighted by Gasteiger charge is -2.07. The third-order valence-corrected chi connectivity index (χ3v) is 3.87. The lowest BCUT2D eigenvalue weighted by atomic mass is 9.99. The molecule has 0 rings (SSSR count). The molecule has 1 nitrogen and oxygen atoms in total. The zero-order valence-electron chi connectivity index (χ0n) is 12.7. The van der Waals surface area contributed by atoms with Crippen LogP contribution in [-0.4, -0.2) is 5.11 Å². The Labute approximate surface area is 115 Å². The zero-order chi connectivity index (χ0) is 13.5. The molecule has 0 aromatic heterocycles. The van der Waals surface area contributed by atoms with Crippen molar-refractivity contribution in [3.63, 3.8) is 0 Å². The van der Waals surface area contributed by atoms with E-state index in [0.717, 1.165) is 12.3 Å². The van der Waals surface area contributed by atoms with Crippen molar-refractivity contribution in [2.45, 2.75) is 90.9 Å². The normalized spacial score (nSPS) is 13.2. The number of allylic oxidation sites excluding steroid dienone is 1. The lowest BCUT2D eigenvalue weighted by molar-refractivity contribution is 0.467. The van der Waals surface area contributed by atoms with Gasteiger partial charge in [-0.25, -0.2) is 0 Å². The summed E-state index contributed by atoms with van der Waals surface area (Å²) >= 11 is 0. The van der Waals surface area contributed by atoms with Crippen molar-refractivity contribution in [1.29, 1.82) is 0 Å². The summed E-state index contributed by atoms with van der Waals surface area (Å²) in [5, 5.41) is 8.48. The molecule has 0 saturated carbocycles. The highest BCUT2D eigenvalue weighted by molar-refractivity contribution is 4.70. The van der Waals surface area contributed by atoms with Crippen LogP contribution < -0.4 is 0 Å². The van der Waals surface area contributed by atoms with E-state index < -0.39 is 0 Å². The van der Waals surface area contributed by atoms with Crippen LogP contribution in [0.15, 0.2) is 12.3 Å². The highest BCUT2D eigenvalue weighted by Crippen LogP contribution is 2.15. The van der Waals surface area contributed by atoms with Crippen LogP contribution in [0.4, 0.5) is 0 Å². The summed E-state index contributed by atoms with van der Waals surface area (Å²) in [5.41, 5.74) is 0. The Morgan fingerprint density at radius 1 is 0.833 bits per heavy atom. The molecule has 1 atom stereocenters. The predicted octanol–water partition coefficient (Wildman–Crippen LogP) is 6.40. The average Bonchev–Trinajstić information content (AvgIpc) is 2.39.